The minimum atomic E-state index is 0.127. The Morgan fingerprint density at radius 3 is 2.26 bits per heavy atom. The Kier molecular flexibility index (Phi) is 5.50. The molecule has 1 aromatic rings. The lowest BCUT2D eigenvalue weighted by atomic mass is 9.79. The van der Waals surface area contributed by atoms with Crippen LogP contribution < -0.4 is 0 Å². The summed E-state index contributed by atoms with van der Waals surface area (Å²) in [5.41, 5.74) is 2.84. The Bertz CT molecular complexity index is 398. The van der Waals surface area contributed by atoms with Gasteiger partial charge >= 0.3 is 0 Å². The third-order valence-corrected chi connectivity index (χ3v) is 6.26. The second-order valence-corrected chi connectivity index (χ2v) is 6.89. The van der Waals surface area contributed by atoms with E-state index in [2.05, 4.69) is 70.0 Å². The third kappa shape index (κ3) is 3.62. The van der Waals surface area contributed by atoms with Gasteiger partial charge in [-0.1, -0.05) is 61.7 Å². The van der Waals surface area contributed by atoms with Gasteiger partial charge in [-0.2, -0.15) is 0 Å². The first-order valence-electron chi connectivity index (χ1n) is 6.94. The van der Waals surface area contributed by atoms with Crippen molar-refractivity contribution in [3.8, 4) is 0 Å². The fourth-order valence-electron chi connectivity index (χ4n) is 2.80. The van der Waals surface area contributed by atoms with Crippen LogP contribution in [-0.4, -0.2) is 22.9 Å². The van der Waals surface area contributed by atoms with E-state index in [0.29, 0.717) is 12.2 Å². The topological polar surface area (TPSA) is 9.23 Å². The summed E-state index contributed by atoms with van der Waals surface area (Å²) in [5.74, 6) is 0. The van der Waals surface area contributed by atoms with E-state index in [4.69, 9.17) is 4.74 Å². The van der Waals surface area contributed by atoms with E-state index < -0.39 is 0 Å². The van der Waals surface area contributed by atoms with Crippen molar-refractivity contribution in [1.82, 2.24) is 0 Å². The van der Waals surface area contributed by atoms with Gasteiger partial charge in [0.15, 0.2) is 0 Å². The fraction of sp³-hybridized carbons (Fsp3) is 0.625. The molecule has 0 N–H and O–H groups in total. The number of rotatable bonds is 5. The smallest absolute Gasteiger partial charge is 0.0588 e. The number of alkyl halides is 2. The largest absolute Gasteiger partial charge is 0.375 e. The molecule has 0 spiro atoms. The molecule has 1 nitrogen and oxygen atoms in total. The van der Waals surface area contributed by atoms with Crippen LogP contribution in [0.5, 0.6) is 0 Å². The minimum absolute atomic E-state index is 0.127. The minimum Gasteiger partial charge on any atom is -0.375 e. The Labute approximate surface area is 133 Å². The van der Waals surface area contributed by atoms with Gasteiger partial charge in [-0.15, -0.1) is 0 Å². The molecule has 0 aliphatic carbocycles. The Morgan fingerprint density at radius 1 is 1.16 bits per heavy atom. The zero-order chi connectivity index (χ0) is 13.9. The second-order valence-electron chi connectivity index (χ2n) is 5.76. The van der Waals surface area contributed by atoms with Gasteiger partial charge in [0.05, 0.1) is 12.2 Å². The molecule has 1 aliphatic heterocycles. The first kappa shape index (κ1) is 15.5. The maximum Gasteiger partial charge on any atom is 0.0588 e. The summed E-state index contributed by atoms with van der Waals surface area (Å²) in [4.78, 5) is 0. The molecule has 19 heavy (non-hydrogen) atoms. The van der Waals surface area contributed by atoms with E-state index in [1.54, 1.807) is 0 Å². The molecule has 0 bridgehead atoms. The average molecular weight is 390 g/mol. The van der Waals surface area contributed by atoms with Crippen molar-refractivity contribution in [1.29, 1.82) is 0 Å². The molecule has 1 aromatic carbocycles. The quantitative estimate of drug-likeness (QED) is 0.645. The van der Waals surface area contributed by atoms with Gasteiger partial charge in [0, 0.05) is 16.1 Å². The van der Waals surface area contributed by atoms with Crippen LogP contribution in [0, 0.1) is 6.92 Å². The van der Waals surface area contributed by atoms with Gasteiger partial charge in [-0.25, -0.2) is 0 Å². The van der Waals surface area contributed by atoms with Crippen LogP contribution in [0.1, 0.15) is 37.3 Å². The SMILES string of the molecule is Cc1ccc(C(CBr)(CBr)CC2CCC(C)O2)cc1. The second kappa shape index (κ2) is 6.73. The van der Waals surface area contributed by atoms with Gasteiger partial charge in [-0.3, -0.25) is 0 Å². The standard InChI is InChI=1S/C16H22Br2O/c1-12-3-6-14(7-4-12)16(10-17,11-18)9-15-8-5-13(2)19-15/h3-4,6-7,13,15H,5,8-11H2,1-2H3. The lowest BCUT2D eigenvalue weighted by Gasteiger charge is -2.33. The van der Waals surface area contributed by atoms with Crippen LogP contribution >= 0.6 is 31.9 Å². The highest BCUT2D eigenvalue weighted by Crippen LogP contribution is 2.37. The van der Waals surface area contributed by atoms with Crippen molar-refractivity contribution >= 4 is 31.9 Å². The van der Waals surface area contributed by atoms with Crippen LogP contribution in [0.15, 0.2) is 24.3 Å². The lowest BCUT2D eigenvalue weighted by Crippen LogP contribution is -2.34. The molecule has 2 unspecified atom stereocenters. The summed E-state index contributed by atoms with van der Waals surface area (Å²) in [6.45, 7) is 4.31. The monoisotopic (exact) mass is 388 g/mol. The highest BCUT2D eigenvalue weighted by Gasteiger charge is 2.35. The molecule has 1 saturated heterocycles. The molecule has 0 saturated carbocycles. The summed E-state index contributed by atoms with van der Waals surface area (Å²) in [6, 6.07) is 8.92. The van der Waals surface area contributed by atoms with Crippen molar-refractivity contribution in [2.75, 3.05) is 10.7 Å². The third-order valence-electron chi connectivity index (χ3n) is 4.11. The summed E-state index contributed by atoms with van der Waals surface area (Å²) in [6.07, 6.45) is 4.28. The molecule has 2 rings (SSSR count). The normalized spacial score (nSPS) is 23.8. The Balaban J connectivity index is 2.19. The first-order valence-corrected chi connectivity index (χ1v) is 9.18. The average Bonchev–Trinajstić information content (AvgIpc) is 2.82. The highest BCUT2D eigenvalue weighted by atomic mass is 79.9. The van der Waals surface area contributed by atoms with Crippen molar-refractivity contribution in [2.45, 2.75) is 50.7 Å². The first-order chi connectivity index (χ1) is 9.09. The fourth-order valence-corrected chi connectivity index (χ4v) is 4.83. The Morgan fingerprint density at radius 2 is 1.79 bits per heavy atom. The van der Waals surface area contributed by atoms with Crippen LogP contribution in [0.4, 0.5) is 0 Å². The van der Waals surface area contributed by atoms with Crippen LogP contribution in [0.2, 0.25) is 0 Å². The molecule has 0 radical (unpaired) electrons. The molecule has 0 aromatic heterocycles. The van der Waals surface area contributed by atoms with E-state index in [-0.39, 0.29) is 5.41 Å². The molecule has 1 fully saturated rings. The summed E-state index contributed by atoms with van der Waals surface area (Å²) < 4.78 is 6.02. The van der Waals surface area contributed by atoms with Crippen LogP contribution in [0.3, 0.4) is 0 Å². The molecule has 1 heterocycles. The van der Waals surface area contributed by atoms with Gasteiger partial charge in [-0.05, 0) is 38.7 Å². The number of halogens is 2. The van der Waals surface area contributed by atoms with Crippen molar-refractivity contribution in [3.05, 3.63) is 35.4 Å². The van der Waals surface area contributed by atoms with Gasteiger partial charge in [0.2, 0.25) is 0 Å². The van der Waals surface area contributed by atoms with Gasteiger partial charge < -0.3 is 4.74 Å². The molecule has 3 heteroatoms. The summed E-state index contributed by atoms with van der Waals surface area (Å²) in [7, 11) is 0. The van der Waals surface area contributed by atoms with Crippen LogP contribution in [-0.2, 0) is 10.2 Å². The number of hydrogen-bond donors (Lipinski definition) is 0. The molecule has 106 valence electrons. The van der Waals surface area contributed by atoms with E-state index in [9.17, 15) is 0 Å². The summed E-state index contributed by atoms with van der Waals surface area (Å²) >= 11 is 7.45. The molecular formula is C16H22Br2O. The van der Waals surface area contributed by atoms with Gasteiger partial charge in [0.25, 0.3) is 0 Å². The van der Waals surface area contributed by atoms with E-state index >= 15 is 0 Å². The van der Waals surface area contributed by atoms with Crippen LogP contribution in [0.25, 0.3) is 0 Å². The maximum absolute atomic E-state index is 6.02. The van der Waals surface area contributed by atoms with E-state index in [0.717, 1.165) is 17.1 Å². The Hall–Kier alpha value is 0.140. The predicted molar refractivity (Wildman–Crippen MR) is 88.6 cm³/mol. The van der Waals surface area contributed by atoms with Crippen molar-refractivity contribution in [3.63, 3.8) is 0 Å². The number of ether oxygens (including phenoxy) is 1. The molecule has 1 aliphatic rings. The highest BCUT2D eigenvalue weighted by molar-refractivity contribution is 9.09. The maximum atomic E-state index is 6.02. The zero-order valence-corrected chi connectivity index (χ0v) is 14.8. The molecular weight excluding hydrogens is 368 g/mol. The summed E-state index contributed by atoms with van der Waals surface area (Å²) in [5, 5.41) is 1.92. The van der Waals surface area contributed by atoms with Crippen molar-refractivity contribution in [2.24, 2.45) is 0 Å². The van der Waals surface area contributed by atoms with E-state index in [1.807, 2.05) is 0 Å². The molecule has 2 atom stereocenters. The van der Waals surface area contributed by atoms with E-state index in [1.165, 1.54) is 24.0 Å². The lowest BCUT2D eigenvalue weighted by molar-refractivity contribution is 0.0405. The number of hydrogen-bond acceptors (Lipinski definition) is 1. The zero-order valence-electron chi connectivity index (χ0n) is 11.7. The predicted octanol–water partition coefficient (Wildman–Crippen LogP) is 4.98. The number of benzene rings is 1. The molecule has 0 amide bonds. The van der Waals surface area contributed by atoms with Gasteiger partial charge in [0.1, 0.15) is 0 Å². The number of aryl methyl sites for hydroxylation is 1. The van der Waals surface area contributed by atoms with Crippen molar-refractivity contribution < 1.29 is 4.74 Å².